The van der Waals surface area contributed by atoms with Gasteiger partial charge in [-0.2, -0.15) is 0 Å². The van der Waals surface area contributed by atoms with Crippen LogP contribution in [0.2, 0.25) is 5.02 Å². The van der Waals surface area contributed by atoms with Gasteiger partial charge in [0.1, 0.15) is 0 Å². The van der Waals surface area contributed by atoms with E-state index in [0.29, 0.717) is 17.1 Å². The van der Waals surface area contributed by atoms with Gasteiger partial charge in [-0.1, -0.05) is 23.7 Å². The molecule has 1 aromatic heterocycles. The molecule has 0 bridgehead atoms. The number of hydrogen-bond donors (Lipinski definition) is 2. The number of anilines is 3. The molecule has 144 valence electrons. The molecule has 6 heteroatoms. The molecular formula is C22H23ClN4O. The summed E-state index contributed by atoms with van der Waals surface area (Å²) in [4.78, 5) is 18.6. The number of rotatable bonds is 7. The van der Waals surface area contributed by atoms with Crippen LogP contribution >= 0.6 is 11.6 Å². The van der Waals surface area contributed by atoms with Crippen molar-refractivity contribution in [3.05, 3.63) is 83.1 Å². The molecular weight excluding hydrogens is 372 g/mol. The van der Waals surface area contributed by atoms with E-state index in [1.54, 1.807) is 18.5 Å². The Morgan fingerprint density at radius 1 is 1.00 bits per heavy atom. The van der Waals surface area contributed by atoms with Crippen molar-refractivity contribution in [2.75, 3.05) is 30.9 Å². The molecule has 1 heterocycles. The Kier molecular flexibility index (Phi) is 6.50. The van der Waals surface area contributed by atoms with Crippen LogP contribution in [0.25, 0.3) is 0 Å². The number of carbonyl (C=O) groups is 1. The van der Waals surface area contributed by atoms with Crippen molar-refractivity contribution in [3.63, 3.8) is 0 Å². The standard InChI is InChI=1S/C22H23ClN4O/c1-27(2)21-9-7-19(8-10-21)26-20-13-17(14-24-15-20)22(28)25-12-11-16-3-5-18(23)6-4-16/h3-10,13-15,26H,11-12H2,1-2H3,(H,25,28). The summed E-state index contributed by atoms with van der Waals surface area (Å²) in [5.41, 5.74) is 4.47. The lowest BCUT2D eigenvalue weighted by molar-refractivity contribution is 0.0954. The summed E-state index contributed by atoms with van der Waals surface area (Å²) in [5.74, 6) is -0.145. The fourth-order valence-corrected chi connectivity index (χ4v) is 2.84. The second-order valence-corrected chi connectivity index (χ2v) is 7.10. The average Bonchev–Trinajstić information content (AvgIpc) is 2.70. The first-order valence-electron chi connectivity index (χ1n) is 9.03. The zero-order chi connectivity index (χ0) is 19.9. The minimum Gasteiger partial charge on any atom is -0.378 e. The van der Waals surface area contributed by atoms with Crippen LogP contribution in [-0.2, 0) is 6.42 Å². The van der Waals surface area contributed by atoms with Crippen LogP contribution in [-0.4, -0.2) is 31.5 Å². The van der Waals surface area contributed by atoms with Gasteiger partial charge in [-0.3, -0.25) is 9.78 Å². The van der Waals surface area contributed by atoms with Gasteiger partial charge < -0.3 is 15.5 Å². The SMILES string of the molecule is CN(C)c1ccc(Nc2cncc(C(=O)NCCc3ccc(Cl)cc3)c2)cc1. The van der Waals surface area contributed by atoms with E-state index >= 15 is 0 Å². The molecule has 0 unspecified atom stereocenters. The fraction of sp³-hybridized carbons (Fsp3) is 0.182. The minimum atomic E-state index is -0.145. The first-order valence-corrected chi connectivity index (χ1v) is 9.41. The highest BCUT2D eigenvalue weighted by molar-refractivity contribution is 6.30. The van der Waals surface area contributed by atoms with Crippen molar-refractivity contribution in [1.82, 2.24) is 10.3 Å². The first-order chi connectivity index (χ1) is 13.5. The summed E-state index contributed by atoms with van der Waals surface area (Å²) in [6, 6.07) is 17.5. The van der Waals surface area contributed by atoms with E-state index in [2.05, 4.69) is 15.6 Å². The van der Waals surface area contributed by atoms with Gasteiger partial charge in [-0.15, -0.1) is 0 Å². The molecule has 2 aromatic carbocycles. The molecule has 3 aromatic rings. The Balaban J connectivity index is 1.57. The highest BCUT2D eigenvalue weighted by Gasteiger charge is 2.07. The molecule has 0 atom stereocenters. The number of pyridine rings is 1. The van der Waals surface area contributed by atoms with Gasteiger partial charge in [0, 0.05) is 43.2 Å². The van der Waals surface area contributed by atoms with Gasteiger partial charge >= 0.3 is 0 Å². The smallest absolute Gasteiger partial charge is 0.252 e. The average molecular weight is 395 g/mol. The van der Waals surface area contributed by atoms with E-state index in [9.17, 15) is 4.79 Å². The normalized spacial score (nSPS) is 10.4. The monoisotopic (exact) mass is 394 g/mol. The number of halogens is 1. The summed E-state index contributed by atoms with van der Waals surface area (Å²) >= 11 is 5.89. The van der Waals surface area contributed by atoms with Crippen molar-refractivity contribution in [2.24, 2.45) is 0 Å². The molecule has 1 amide bonds. The highest BCUT2D eigenvalue weighted by Crippen LogP contribution is 2.20. The van der Waals surface area contributed by atoms with E-state index in [1.165, 1.54) is 0 Å². The van der Waals surface area contributed by atoms with Crippen LogP contribution in [0.15, 0.2) is 67.0 Å². The summed E-state index contributed by atoms with van der Waals surface area (Å²) in [7, 11) is 4.00. The molecule has 0 radical (unpaired) electrons. The number of nitrogens with one attached hydrogen (secondary N) is 2. The third-order valence-electron chi connectivity index (χ3n) is 4.29. The lowest BCUT2D eigenvalue weighted by Crippen LogP contribution is -2.25. The van der Waals surface area contributed by atoms with Gasteiger partial charge in [0.2, 0.25) is 0 Å². The summed E-state index contributed by atoms with van der Waals surface area (Å²) in [6.07, 6.45) is 4.01. The third-order valence-corrected chi connectivity index (χ3v) is 4.54. The quantitative estimate of drug-likeness (QED) is 0.618. The number of nitrogens with zero attached hydrogens (tertiary/aromatic N) is 2. The molecule has 5 nitrogen and oxygen atoms in total. The highest BCUT2D eigenvalue weighted by atomic mass is 35.5. The Bertz CT molecular complexity index is 924. The van der Waals surface area contributed by atoms with Crippen LogP contribution in [0.4, 0.5) is 17.1 Å². The third kappa shape index (κ3) is 5.47. The Morgan fingerprint density at radius 2 is 1.71 bits per heavy atom. The zero-order valence-corrected chi connectivity index (χ0v) is 16.7. The lowest BCUT2D eigenvalue weighted by Gasteiger charge is -2.13. The van der Waals surface area contributed by atoms with Crippen molar-refractivity contribution in [1.29, 1.82) is 0 Å². The van der Waals surface area contributed by atoms with E-state index in [-0.39, 0.29) is 5.91 Å². The van der Waals surface area contributed by atoms with Crippen LogP contribution in [0.3, 0.4) is 0 Å². The van der Waals surface area contributed by atoms with Crippen LogP contribution < -0.4 is 15.5 Å². The van der Waals surface area contributed by atoms with Crippen molar-refractivity contribution >= 4 is 34.6 Å². The van der Waals surface area contributed by atoms with Gasteiger partial charge in [-0.05, 0) is 54.4 Å². The van der Waals surface area contributed by atoms with Gasteiger partial charge in [0.25, 0.3) is 5.91 Å². The van der Waals surface area contributed by atoms with Gasteiger partial charge in [0.05, 0.1) is 17.4 Å². The maximum absolute atomic E-state index is 12.4. The van der Waals surface area contributed by atoms with E-state index in [1.807, 2.05) is 67.5 Å². The first kappa shape index (κ1) is 19.7. The van der Waals surface area contributed by atoms with Crippen LogP contribution in [0.5, 0.6) is 0 Å². The van der Waals surface area contributed by atoms with E-state index in [4.69, 9.17) is 11.6 Å². The van der Waals surface area contributed by atoms with Crippen molar-refractivity contribution in [2.45, 2.75) is 6.42 Å². The maximum atomic E-state index is 12.4. The fourth-order valence-electron chi connectivity index (χ4n) is 2.72. The Labute approximate surface area is 170 Å². The lowest BCUT2D eigenvalue weighted by atomic mass is 10.1. The summed E-state index contributed by atoms with van der Waals surface area (Å²) in [5, 5.41) is 6.91. The van der Waals surface area contributed by atoms with Crippen molar-refractivity contribution in [3.8, 4) is 0 Å². The van der Waals surface area contributed by atoms with E-state index in [0.717, 1.165) is 29.0 Å². The summed E-state index contributed by atoms with van der Waals surface area (Å²) in [6.45, 7) is 0.546. The maximum Gasteiger partial charge on any atom is 0.252 e. The molecule has 28 heavy (non-hydrogen) atoms. The topological polar surface area (TPSA) is 57.3 Å². The molecule has 0 aliphatic rings. The molecule has 0 fully saturated rings. The number of aromatic nitrogens is 1. The largest absolute Gasteiger partial charge is 0.378 e. The summed E-state index contributed by atoms with van der Waals surface area (Å²) < 4.78 is 0. The Hall–Kier alpha value is -3.05. The second-order valence-electron chi connectivity index (χ2n) is 6.66. The molecule has 0 aliphatic heterocycles. The zero-order valence-electron chi connectivity index (χ0n) is 15.9. The number of hydrogen-bond acceptors (Lipinski definition) is 4. The van der Waals surface area contributed by atoms with Gasteiger partial charge in [0.15, 0.2) is 0 Å². The molecule has 0 saturated heterocycles. The number of benzene rings is 2. The number of amides is 1. The Morgan fingerprint density at radius 3 is 2.39 bits per heavy atom. The van der Waals surface area contributed by atoms with Crippen LogP contribution in [0, 0.1) is 0 Å². The predicted octanol–water partition coefficient (Wildman–Crippen LogP) is 4.52. The molecule has 0 saturated carbocycles. The predicted molar refractivity (Wildman–Crippen MR) is 116 cm³/mol. The molecule has 0 spiro atoms. The number of carbonyl (C=O) groups excluding carboxylic acids is 1. The van der Waals surface area contributed by atoms with Crippen molar-refractivity contribution < 1.29 is 4.79 Å². The molecule has 0 aliphatic carbocycles. The van der Waals surface area contributed by atoms with E-state index < -0.39 is 0 Å². The van der Waals surface area contributed by atoms with Gasteiger partial charge in [-0.25, -0.2) is 0 Å². The van der Waals surface area contributed by atoms with Crippen LogP contribution in [0.1, 0.15) is 15.9 Å². The molecule has 3 rings (SSSR count). The molecule has 2 N–H and O–H groups in total. The minimum absolute atomic E-state index is 0.145. The second kappa shape index (κ2) is 9.24.